The third-order valence-electron chi connectivity index (χ3n) is 4.06. The van der Waals surface area contributed by atoms with Crippen LogP contribution >= 0.6 is 11.6 Å². The largest absolute Gasteiger partial charge is 0.331 e. The number of para-hydroxylation sites is 1. The van der Waals surface area contributed by atoms with Gasteiger partial charge in [-0.1, -0.05) is 29.8 Å². The highest BCUT2D eigenvalue weighted by Gasteiger charge is 2.24. The van der Waals surface area contributed by atoms with E-state index in [1.807, 2.05) is 43.3 Å². The van der Waals surface area contributed by atoms with E-state index in [0.717, 1.165) is 5.69 Å². The molecular weight excluding hydrogens is 338 g/mol. The van der Waals surface area contributed by atoms with E-state index in [1.165, 1.54) is 0 Å². The van der Waals surface area contributed by atoms with E-state index in [1.54, 1.807) is 35.8 Å². The number of carbonyl (C=O) groups is 1. The molecule has 0 bridgehead atoms. The summed E-state index contributed by atoms with van der Waals surface area (Å²) < 4.78 is 1.58. The first-order valence-electron chi connectivity index (χ1n) is 7.85. The first kappa shape index (κ1) is 17.1. The van der Waals surface area contributed by atoms with Crippen LogP contribution in [0.2, 0.25) is 5.02 Å². The Morgan fingerprint density at radius 1 is 1.20 bits per heavy atom. The molecule has 1 atom stereocenters. The quantitative estimate of drug-likeness (QED) is 0.719. The Balaban J connectivity index is 1.89. The lowest BCUT2D eigenvalue weighted by atomic mass is 10.2. The van der Waals surface area contributed by atoms with Crippen molar-refractivity contribution >= 4 is 17.5 Å². The number of halogens is 1. The molecule has 3 rings (SSSR count). The summed E-state index contributed by atoms with van der Waals surface area (Å²) in [6.45, 7) is 3.70. The molecule has 1 amide bonds. The van der Waals surface area contributed by atoms with Gasteiger partial charge in [0.2, 0.25) is 5.82 Å². The standard InChI is InChI=1S/C18H18ClN5O/c1-12(15-9-6-7-11-20-15)23(3)18(25)17-21-13(2)24(22-17)16-10-5-4-8-14(16)19/h4-12H,1-3H3/t12-/m0/s1. The van der Waals surface area contributed by atoms with Crippen LogP contribution in [0.4, 0.5) is 0 Å². The van der Waals surface area contributed by atoms with E-state index in [0.29, 0.717) is 16.5 Å². The van der Waals surface area contributed by atoms with E-state index < -0.39 is 0 Å². The van der Waals surface area contributed by atoms with Crippen LogP contribution < -0.4 is 0 Å². The Labute approximate surface area is 151 Å². The number of aryl methyl sites for hydroxylation is 1. The molecule has 3 aromatic rings. The predicted octanol–water partition coefficient (Wildman–Crippen LogP) is 3.46. The second kappa shape index (κ2) is 7.03. The van der Waals surface area contributed by atoms with Gasteiger partial charge in [0.25, 0.3) is 5.91 Å². The molecule has 0 saturated heterocycles. The minimum Gasteiger partial charge on any atom is -0.331 e. The summed E-state index contributed by atoms with van der Waals surface area (Å²) in [4.78, 5) is 23.0. The smallest absolute Gasteiger partial charge is 0.293 e. The molecule has 0 unspecified atom stereocenters. The summed E-state index contributed by atoms with van der Waals surface area (Å²) in [6, 6.07) is 12.7. The molecule has 0 radical (unpaired) electrons. The van der Waals surface area contributed by atoms with Gasteiger partial charge in [-0.2, -0.15) is 0 Å². The Hall–Kier alpha value is -2.73. The van der Waals surface area contributed by atoms with Crippen molar-refractivity contribution in [3.05, 3.63) is 71.0 Å². The van der Waals surface area contributed by atoms with Gasteiger partial charge in [-0.3, -0.25) is 9.78 Å². The minimum absolute atomic E-state index is 0.128. The maximum absolute atomic E-state index is 12.8. The number of aromatic nitrogens is 4. The molecular formula is C18H18ClN5O. The summed E-state index contributed by atoms with van der Waals surface area (Å²) in [5.41, 5.74) is 1.49. The molecule has 0 fully saturated rings. The summed E-state index contributed by atoms with van der Waals surface area (Å²) in [7, 11) is 1.72. The number of rotatable bonds is 4. The first-order valence-corrected chi connectivity index (χ1v) is 8.23. The molecule has 0 aliphatic heterocycles. The number of hydrogen-bond acceptors (Lipinski definition) is 4. The molecule has 1 aromatic carbocycles. The lowest BCUT2D eigenvalue weighted by molar-refractivity contribution is 0.0727. The lowest BCUT2D eigenvalue weighted by Gasteiger charge is -2.23. The van der Waals surface area contributed by atoms with Gasteiger partial charge in [0.15, 0.2) is 0 Å². The van der Waals surface area contributed by atoms with Gasteiger partial charge in [-0.15, -0.1) is 5.10 Å². The van der Waals surface area contributed by atoms with Crippen molar-refractivity contribution < 1.29 is 4.79 Å². The van der Waals surface area contributed by atoms with Crippen LogP contribution in [0.5, 0.6) is 0 Å². The Morgan fingerprint density at radius 2 is 1.92 bits per heavy atom. The molecule has 0 aliphatic carbocycles. The van der Waals surface area contributed by atoms with Crippen molar-refractivity contribution in [3.8, 4) is 5.69 Å². The third kappa shape index (κ3) is 3.39. The summed E-state index contributed by atoms with van der Waals surface area (Å²) in [6.07, 6.45) is 1.71. The van der Waals surface area contributed by atoms with Crippen LogP contribution in [-0.2, 0) is 0 Å². The third-order valence-corrected chi connectivity index (χ3v) is 4.38. The maximum atomic E-state index is 12.8. The van der Waals surface area contributed by atoms with Crippen LogP contribution in [0.25, 0.3) is 5.69 Å². The van der Waals surface area contributed by atoms with Crippen molar-refractivity contribution in [2.45, 2.75) is 19.9 Å². The van der Waals surface area contributed by atoms with E-state index in [9.17, 15) is 4.79 Å². The number of amides is 1. The summed E-state index contributed by atoms with van der Waals surface area (Å²) in [5.74, 6) is 0.449. The van der Waals surface area contributed by atoms with Crippen LogP contribution in [0.1, 0.15) is 35.1 Å². The van der Waals surface area contributed by atoms with Crippen molar-refractivity contribution in [2.75, 3.05) is 7.05 Å². The number of nitrogens with zero attached hydrogens (tertiary/aromatic N) is 5. The highest BCUT2D eigenvalue weighted by Crippen LogP contribution is 2.21. The van der Waals surface area contributed by atoms with E-state index in [-0.39, 0.29) is 17.8 Å². The highest BCUT2D eigenvalue weighted by molar-refractivity contribution is 6.32. The van der Waals surface area contributed by atoms with Crippen LogP contribution in [-0.4, -0.2) is 37.6 Å². The zero-order valence-electron chi connectivity index (χ0n) is 14.2. The lowest BCUT2D eigenvalue weighted by Crippen LogP contribution is -2.31. The average molecular weight is 356 g/mol. The van der Waals surface area contributed by atoms with Gasteiger partial charge in [0.1, 0.15) is 5.82 Å². The van der Waals surface area contributed by atoms with Gasteiger partial charge in [0, 0.05) is 13.2 Å². The molecule has 128 valence electrons. The molecule has 6 nitrogen and oxygen atoms in total. The molecule has 25 heavy (non-hydrogen) atoms. The zero-order chi connectivity index (χ0) is 18.0. The molecule has 0 spiro atoms. The number of benzene rings is 1. The molecule has 2 aromatic heterocycles. The van der Waals surface area contributed by atoms with Crippen LogP contribution in [0, 0.1) is 6.92 Å². The molecule has 0 N–H and O–H groups in total. The Bertz CT molecular complexity index is 893. The first-order chi connectivity index (χ1) is 12.0. The normalized spacial score (nSPS) is 12.0. The topological polar surface area (TPSA) is 63.9 Å². The second-order valence-corrected chi connectivity index (χ2v) is 6.10. The van der Waals surface area contributed by atoms with E-state index in [4.69, 9.17) is 11.6 Å². The van der Waals surface area contributed by atoms with Gasteiger partial charge < -0.3 is 4.90 Å². The number of carbonyl (C=O) groups excluding carboxylic acids is 1. The van der Waals surface area contributed by atoms with Gasteiger partial charge in [-0.25, -0.2) is 9.67 Å². The molecule has 0 saturated carbocycles. The predicted molar refractivity (Wildman–Crippen MR) is 95.9 cm³/mol. The fourth-order valence-electron chi connectivity index (χ4n) is 2.49. The Kier molecular flexibility index (Phi) is 4.81. The Morgan fingerprint density at radius 3 is 2.60 bits per heavy atom. The SMILES string of the molecule is Cc1nc(C(=O)N(C)[C@@H](C)c2ccccn2)nn1-c1ccccc1Cl. The number of hydrogen-bond donors (Lipinski definition) is 0. The number of pyridine rings is 1. The van der Waals surface area contributed by atoms with Gasteiger partial charge in [0.05, 0.1) is 22.4 Å². The van der Waals surface area contributed by atoms with Crippen LogP contribution in [0.3, 0.4) is 0 Å². The highest BCUT2D eigenvalue weighted by atomic mass is 35.5. The van der Waals surface area contributed by atoms with E-state index >= 15 is 0 Å². The maximum Gasteiger partial charge on any atom is 0.293 e. The average Bonchev–Trinajstić information content (AvgIpc) is 3.02. The minimum atomic E-state index is -0.271. The summed E-state index contributed by atoms with van der Waals surface area (Å²) in [5, 5.41) is 4.89. The van der Waals surface area contributed by atoms with Crippen LogP contribution in [0.15, 0.2) is 48.7 Å². The van der Waals surface area contributed by atoms with Crippen molar-refractivity contribution in [1.82, 2.24) is 24.6 Å². The van der Waals surface area contributed by atoms with E-state index in [2.05, 4.69) is 15.1 Å². The van der Waals surface area contributed by atoms with Gasteiger partial charge in [-0.05, 0) is 38.1 Å². The fraction of sp³-hybridized carbons (Fsp3) is 0.222. The van der Waals surface area contributed by atoms with Crippen molar-refractivity contribution in [3.63, 3.8) is 0 Å². The fourth-order valence-corrected chi connectivity index (χ4v) is 2.70. The molecule has 0 aliphatic rings. The monoisotopic (exact) mass is 355 g/mol. The zero-order valence-corrected chi connectivity index (χ0v) is 15.0. The second-order valence-electron chi connectivity index (χ2n) is 5.69. The van der Waals surface area contributed by atoms with Crippen molar-refractivity contribution in [2.24, 2.45) is 0 Å². The van der Waals surface area contributed by atoms with Gasteiger partial charge >= 0.3 is 0 Å². The molecule has 2 heterocycles. The van der Waals surface area contributed by atoms with Crippen molar-refractivity contribution in [1.29, 1.82) is 0 Å². The summed E-state index contributed by atoms with van der Waals surface area (Å²) >= 11 is 6.22. The molecule has 7 heteroatoms.